The molecule has 0 radical (unpaired) electrons. The number of thiophene rings is 1. The lowest BCUT2D eigenvalue weighted by atomic mass is 10.0. The van der Waals surface area contributed by atoms with Gasteiger partial charge in [0.05, 0.1) is 16.6 Å². The molecule has 5 heteroatoms. The van der Waals surface area contributed by atoms with Crippen LogP contribution >= 0.6 is 11.3 Å². The molecule has 1 N–H and O–H groups in total. The smallest absolute Gasteiger partial charge is 0.262 e. The lowest BCUT2D eigenvalue weighted by Crippen LogP contribution is -2.29. The van der Waals surface area contributed by atoms with Crippen molar-refractivity contribution < 1.29 is 4.79 Å². The van der Waals surface area contributed by atoms with Crippen LogP contribution in [0.25, 0.3) is 10.2 Å². The number of amides is 1. The Morgan fingerprint density at radius 1 is 1.11 bits per heavy atom. The van der Waals surface area contributed by atoms with Gasteiger partial charge in [-0.2, -0.15) is 0 Å². The fourth-order valence-corrected chi connectivity index (χ4v) is 5.01. The second-order valence-corrected chi connectivity index (χ2v) is 8.88. The minimum Gasteiger partial charge on any atom is -0.344 e. The van der Waals surface area contributed by atoms with E-state index >= 15 is 0 Å². The summed E-state index contributed by atoms with van der Waals surface area (Å²) in [5, 5.41) is 4.36. The molecule has 2 aliphatic rings. The van der Waals surface area contributed by atoms with E-state index in [1.54, 1.807) is 0 Å². The van der Waals surface area contributed by atoms with Gasteiger partial charge in [-0.1, -0.05) is 30.3 Å². The molecular weight excluding hydrogens is 354 g/mol. The van der Waals surface area contributed by atoms with Crippen LogP contribution in [0, 0.1) is 19.8 Å². The third-order valence-corrected chi connectivity index (χ3v) is 6.86. The lowest BCUT2D eigenvalue weighted by molar-refractivity contribution is 0.0935. The van der Waals surface area contributed by atoms with Crippen molar-refractivity contribution in [3.8, 4) is 0 Å². The van der Waals surface area contributed by atoms with Gasteiger partial charge in [0, 0.05) is 11.3 Å². The van der Waals surface area contributed by atoms with Gasteiger partial charge in [-0.05, 0) is 56.6 Å². The van der Waals surface area contributed by atoms with Crippen LogP contribution in [0.2, 0.25) is 0 Å². The Balaban J connectivity index is 1.48. The van der Waals surface area contributed by atoms with E-state index in [0.717, 1.165) is 32.2 Å². The Morgan fingerprint density at radius 3 is 2.52 bits per heavy atom. The number of fused-ring (bicyclic) bond motifs is 1. The number of hydrogen-bond donors (Lipinski definition) is 1. The van der Waals surface area contributed by atoms with E-state index in [1.807, 2.05) is 32.0 Å². The van der Waals surface area contributed by atoms with Crippen LogP contribution in [0.1, 0.15) is 70.0 Å². The highest BCUT2D eigenvalue weighted by Crippen LogP contribution is 2.42. The van der Waals surface area contributed by atoms with Crippen LogP contribution in [0.15, 0.2) is 30.3 Å². The first-order chi connectivity index (χ1) is 13.1. The second-order valence-electron chi connectivity index (χ2n) is 7.88. The first-order valence-electron chi connectivity index (χ1n) is 9.75. The minimum absolute atomic E-state index is 0.0172. The molecule has 2 saturated carbocycles. The maximum absolute atomic E-state index is 13.1. The number of aromatic nitrogens is 2. The molecule has 1 atom stereocenters. The average molecular weight is 378 g/mol. The highest BCUT2D eigenvalue weighted by atomic mass is 32.1. The maximum atomic E-state index is 13.1. The number of aryl methyl sites for hydroxylation is 2. The highest BCUT2D eigenvalue weighted by Gasteiger charge is 2.34. The van der Waals surface area contributed by atoms with Crippen LogP contribution in [0.5, 0.6) is 0 Å². The first kappa shape index (κ1) is 16.9. The molecular formula is C22H23N3OS. The summed E-state index contributed by atoms with van der Waals surface area (Å²) in [4.78, 5) is 24.4. The first-order valence-corrected chi connectivity index (χ1v) is 10.6. The summed E-state index contributed by atoms with van der Waals surface area (Å²) in [6.45, 7) is 4.06. The van der Waals surface area contributed by atoms with Gasteiger partial charge in [0.25, 0.3) is 5.91 Å². The molecule has 0 bridgehead atoms. The van der Waals surface area contributed by atoms with E-state index in [2.05, 4.69) is 17.4 Å². The Labute approximate surface area is 163 Å². The lowest BCUT2D eigenvalue weighted by Gasteiger charge is -2.18. The van der Waals surface area contributed by atoms with Gasteiger partial charge >= 0.3 is 0 Å². The standard InChI is InChI=1S/C22H23N3OS/c1-12-17-13(2)23-20(16-10-11-16)25-22(17)27-19(12)21(26)24-18(15-8-9-15)14-6-4-3-5-7-14/h3-7,15-16,18H,8-11H2,1-2H3,(H,24,26)/t18-/m1/s1. The quantitative estimate of drug-likeness (QED) is 0.676. The molecule has 27 heavy (non-hydrogen) atoms. The van der Waals surface area contributed by atoms with Crippen molar-refractivity contribution in [2.75, 3.05) is 0 Å². The number of carbonyl (C=O) groups excluding carboxylic acids is 1. The van der Waals surface area contributed by atoms with Crippen LogP contribution < -0.4 is 5.32 Å². The topological polar surface area (TPSA) is 54.9 Å². The Kier molecular flexibility index (Phi) is 4.01. The summed E-state index contributed by atoms with van der Waals surface area (Å²) in [7, 11) is 0. The molecule has 0 saturated heterocycles. The molecule has 0 aliphatic heterocycles. The zero-order valence-electron chi connectivity index (χ0n) is 15.7. The van der Waals surface area contributed by atoms with Gasteiger partial charge < -0.3 is 5.32 Å². The van der Waals surface area contributed by atoms with E-state index in [0.29, 0.717) is 11.8 Å². The third kappa shape index (κ3) is 3.14. The van der Waals surface area contributed by atoms with Crippen LogP contribution in [0.4, 0.5) is 0 Å². The molecule has 1 aromatic carbocycles. The molecule has 4 nitrogen and oxygen atoms in total. The summed E-state index contributed by atoms with van der Waals surface area (Å²) in [5.41, 5.74) is 3.20. The number of benzene rings is 1. The monoisotopic (exact) mass is 377 g/mol. The normalized spacial score (nSPS) is 17.9. The summed E-state index contributed by atoms with van der Waals surface area (Å²) >= 11 is 1.51. The Bertz CT molecular complexity index is 1020. The number of carbonyl (C=O) groups is 1. The number of nitrogens with one attached hydrogen (secondary N) is 1. The van der Waals surface area contributed by atoms with E-state index in [9.17, 15) is 4.79 Å². The molecule has 1 amide bonds. The van der Waals surface area contributed by atoms with Crippen molar-refractivity contribution in [2.45, 2.75) is 51.5 Å². The summed E-state index contributed by atoms with van der Waals surface area (Å²) in [6.07, 6.45) is 4.73. The molecule has 2 aliphatic carbocycles. The minimum atomic E-state index is 0.0172. The number of hydrogen-bond acceptors (Lipinski definition) is 4. The molecule has 0 unspecified atom stereocenters. The number of rotatable bonds is 5. The van der Waals surface area contributed by atoms with Crippen LogP contribution in [0.3, 0.4) is 0 Å². The van der Waals surface area contributed by atoms with E-state index in [-0.39, 0.29) is 11.9 Å². The van der Waals surface area contributed by atoms with Crippen molar-refractivity contribution in [3.05, 3.63) is 57.9 Å². The number of nitrogens with zero attached hydrogens (tertiary/aromatic N) is 2. The summed E-state index contributed by atoms with van der Waals surface area (Å²) in [5.74, 6) is 2.04. The molecule has 0 spiro atoms. The van der Waals surface area contributed by atoms with Gasteiger partial charge in [0.1, 0.15) is 10.7 Å². The predicted molar refractivity (Wildman–Crippen MR) is 108 cm³/mol. The van der Waals surface area contributed by atoms with Gasteiger partial charge in [-0.25, -0.2) is 9.97 Å². The van der Waals surface area contributed by atoms with Gasteiger partial charge in [-0.3, -0.25) is 4.79 Å². The molecule has 2 fully saturated rings. The van der Waals surface area contributed by atoms with E-state index in [4.69, 9.17) is 9.97 Å². The molecule has 5 rings (SSSR count). The van der Waals surface area contributed by atoms with Crippen LogP contribution in [-0.4, -0.2) is 15.9 Å². The molecule has 138 valence electrons. The predicted octanol–water partition coefficient (Wildman–Crippen LogP) is 5.07. The van der Waals surface area contributed by atoms with Gasteiger partial charge in [-0.15, -0.1) is 11.3 Å². The van der Waals surface area contributed by atoms with Crippen molar-refractivity contribution in [1.82, 2.24) is 15.3 Å². The third-order valence-electron chi connectivity index (χ3n) is 5.68. The van der Waals surface area contributed by atoms with Gasteiger partial charge in [0.15, 0.2) is 0 Å². The second kappa shape index (κ2) is 6.41. The van der Waals surface area contributed by atoms with Crippen molar-refractivity contribution >= 4 is 27.5 Å². The summed E-state index contributed by atoms with van der Waals surface area (Å²) < 4.78 is 0. The maximum Gasteiger partial charge on any atom is 0.262 e. The van der Waals surface area contributed by atoms with Crippen molar-refractivity contribution in [1.29, 1.82) is 0 Å². The van der Waals surface area contributed by atoms with Gasteiger partial charge in [0.2, 0.25) is 0 Å². The average Bonchev–Trinajstić information content (AvgIpc) is 3.57. The SMILES string of the molecule is Cc1nc(C2CC2)nc2sc(C(=O)N[C@H](c3ccccc3)C3CC3)c(C)c12. The molecule has 2 aromatic heterocycles. The molecule has 3 aromatic rings. The highest BCUT2D eigenvalue weighted by molar-refractivity contribution is 7.20. The Morgan fingerprint density at radius 2 is 1.85 bits per heavy atom. The van der Waals surface area contributed by atoms with Crippen LogP contribution in [-0.2, 0) is 0 Å². The fourth-order valence-electron chi connectivity index (χ4n) is 3.87. The van der Waals surface area contributed by atoms with Crippen molar-refractivity contribution in [2.24, 2.45) is 5.92 Å². The fraction of sp³-hybridized carbons (Fsp3) is 0.409. The van der Waals surface area contributed by atoms with E-state index < -0.39 is 0 Å². The Hall–Kier alpha value is -2.27. The van der Waals surface area contributed by atoms with Crippen molar-refractivity contribution in [3.63, 3.8) is 0 Å². The molecule has 2 heterocycles. The summed E-state index contributed by atoms with van der Waals surface area (Å²) in [6, 6.07) is 10.4. The zero-order chi connectivity index (χ0) is 18.5. The zero-order valence-corrected chi connectivity index (χ0v) is 16.5. The van der Waals surface area contributed by atoms with E-state index in [1.165, 1.54) is 42.6 Å². The largest absolute Gasteiger partial charge is 0.344 e.